The highest BCUT2D eigenvalue weighted by Crippen LogP contribution is 2.46. The van der Waals surface area contributed by atoms with Gasteiger partial charge in [0.25, 0.3) is 0 Å². The van der Waals surface area contributed by atoms with Gasteiger partial charge in [-0.15, -0.1) is 0 Å². The molecule has 0 aromatic heterocycles. The van der Waals surface area contributed by atoms with Crippen LogP contribution >= 0.6 is 0 Å². The number of fused-ring (bicyclic) bond motifs is 1. The summed E-state index contributed by atoms with van der Waals surface area (Å²) in [6.07, 6.45) is -4.49. The molecule has 0 amide bonds. The number of aliphatic hydroxyl groups is 1. The molecule has 0 radical (unpaired) electrons. The number of aryl methyl sites for hydroxylation is 1. The summed E-state index contributed by atoms with van der Waals surface area (Å²) in [5.41, 5.74) is -2.87. The van der Waals surface area contributed by atoms with Crippen molar-refractivity contribution in [3.05, 3.63) is 35.1 Å². The first-order valence-electron chi connectivity index (χ1n) is 4.92. The van der Waals surface area contributed by atoms with Gasteiger partial charge in [-0.25, -0.2) is 4.39 Å². The smallest absolute Gasteiger partial charge is 0.376 e. The van der Waals surface area contributed by atoms with E-state index in [9.17, 15) is 22.7 Å². The van der Waals surface area contributed by atoms with Crippen LogP contribution in [0.2, 0.25) is 0 Å². The number of hydrogen-bond donors (Lipinski definition) is 1. The third-order valence-electron chi connectivity index (χ3n) is 2.97. The second-order valence-corrected chi connectivity index (χ2v) is 4.01. The average Bonchev–Trinajstić information content (AvgIpc) is 2.18. The van der Waals surface area contributed by atoms with E-state index >= 15 is 0 Å². The molecule has 0 heterocycles. The molecule has 0 saturated heterocycles. The molecular formula is C11H10F4O. The van der Waals surface area contributed by atoms with E-state index in [0.717, 1.165) is 12.1 Å². The average molecular weight is 234 g/mol. The molecule has 1 aliphatic carbocycles. The number of benzene rings is 1. The molecule has 1 aromatic carbocycles. The molecule has 5 heteroatoms. The number of rotatable bonds is 0. The topological polar surface area (TPSA) is 20.2 Å². The van der Waals surface area contributed by atoms with Crippen molar-refractivity contribution in [2.75, 3.05) is 0 Å². The Morgan fingerprint density at radius 1 is 1.25 bits per heavy atom. The van der Waals surface area contributed by atoms with Crippen molar-refractivity contribution >= 4 is 0 Å². The van der Waals surface area contributed by atoms with Gasteiger partial charge in [0.1, 0.15) is 5.82 Å². The highest BCUT2D eigenvalue weighted by molar-refractivity contribution is 5.36. The van der Waals surface area contributed by atoms with E-state index in [4.69, 9.17) is 0 Å². The van der Waals surface area contributed by atoms with E-state index in [1.54, 1.807) is 0 Å². The van der Waals surface area contributed by atoms with Crippen molar-refractivity contribution in [3.63, 3.8) is 0 Å². The maximum atomic E-state index is 12.9. The monoisotopic (exact) mass is 234 g/mol. The Labute approximate surface area is 89.7 Å². The summed E-state index contributed by atoms with van der Waals surface area (Å²) in [5, 5.41) is 9.69. The fourth-order valence-corrected chi connectivity index (χ4v) is 2.12. The lowest BCUT2D eigenvalue weighted by Crippen LogP contribution is -2.44. The SMILES string of the molecule is OC1(C(F)(F)F)CCCc2ccc(F)cc21. The van der Waals surface area contributed by atoms with Gasteiger partial charge in [0, 0.05) is 0 Å². The lowest BCUT2D eigenvalue weighted by atomic mass is 9.78. The number of halogens is 4. The zero-order valence-electron chi connectivity index (χ0n) is 8.31. The van der Waals surface area contributed by atoms with E-state index in [-0.39, 0.29) is 12.0 Å². The van der Waals surface area contributed by atoms with Gasteiger partial charge in [0.2, 0.25) is 0 Å². The van der Waals surface area contributed by atoms with Crippen LogP contribution in [0.25, 0.3) is 0 Å². The van der Waals surface area contributed by atoms with Crippen molar-refractivity contribution in [2.45, 2.75) is 31.0 Å². The first kappa shape index (κ1) is 11.4. The van der Waals surface area contributed by atoms with Gasteiger partial charge in [-0.1, -0.05) is 6.07 Å². The normalized spacial score (nSPS) is 25.3. The summed E-state index contributed by atoms with van der Waals surface area (Å²) in [5.74, 6) is -0.761. The second-order valence-electron chi connectivity index (χ2n) is 4.01. The highest BCUT2D eigenvalue weighted by atomic mass is 19.4. The molecule has 1 atom stereocenters. The van der Waals surface area contributed by atoms with Crippen molar-refractivity contribution < 1.29 is 22.7 Å². The molecule has 1 N–H and O–H groups in total. The Bertz CT molecular complexity index is 413. The summed E-state index contributed by atoms with van der Waals surface area (Å²) < 4.78 is 51.2. The molecule has 0 spiro atoms. The standard InChI is InChI=1S/C11H10F4O/c12-8-4-3-7-2-1-5-10(16,9(7)6-8)11(13,14)15/h3-4,6,16H,1-2,5H2. The quantitative estimate of drug-likeness (QED) is 0.684. The molecule has 1 unspecified atom stereocenters. The summed E-state index contributed by atoms with van der Waals surface area (Å²) >= 11 is 0. The minimum Gasteiger partial charge on any atom is -0.376 e. The lowest BCUT2D eigenvalue weighted by Gasteiger charge is -2.35. The predicted molar refractivity (Wildman–Crippen MR) is 49.3 cm³/mol. The molecule has 0 fully saturated rings. The Balaban J connectivity index is 2.59. The lowest BCUT2D eigenvalue weighted by molar-refractivity contribution is -0.271. The Morgan fingerprint density at radius 3 is 2.56 bits per heavy atom. The van der Waals surface area contributed by atoms with Gasteiger partial charge < -0.3 is 5.11 Å². The third-order valence-corrected chi connectivity index (χ3v) is 2.97. The highest BCUT2D eigenvalue weighted by Gasteiger charge is 2.56. The molecule has 1 aromatic rings. The minimum atomic E-state index is -4.77. The maximum Gasteiger partial charge on any atom is 0.421 e. The van der Waals surface area contributed by atoms with Crippen LogP contribution in [0.5, 0.6) is 0 Å². The molecule has 16 heavy (non-hydrogen) atoms. The first-order chi connectivity index (χ1) is 7.34. The summed E-state index contributed by atoms with van der Waals surface area (Å²) in [6, 6.07) is 3.20. The van der Waals surface area contributed by atoms with E-state index in [1.807, 2.05) is 0 Å². The molecule has 1 nitrogen and oxygen atoms in total. The maximum absolute atomic E-state index is 12.9. The van der Waals surface area contributed by atoms with E-state index in [2.05, 4.69) is 0 Å². The fraction of sp³-hybridized carbons (Fsp3) is 0.455. The molecule has 0 bridgehead atoms. The van der Waals surface area contributed by atoms with Crippen LogP contribution in [0.15, 0.2) is 18.2 Å². The van der Waals surface area contributed by atoms with Crippen LogP contribution in [-0.2, 0) is 12.0 Å². The molecule has 2 rings (SSSR count). The Morgan fingerprint density at radius 2 is 1.94 bits per heavy atom. The van der Waals surface area contributed by atoms with Crippen molar-refractivity contribution in [2.24, 2.45) is 0 Å². The number of alkyl halides is 3. The van der Waals surface area contributed by atoms with Crippen LogP contribution in [0.1, 0.15) is 24.0 Å². The van der Waals surface area contributed by atoms with Crippen LogP contribution in [0, 0.1) is 5.82 Å². The van der Waals surface area contributed by atoms with Gasteiger partial charge in [0.15, 0.2) is 5.60 Å². The van der Waals surface area contributed by atoms with Crippen LogP contribution in [0.4, 0.5) is 17.6 Å². The Hall–Kier alpha value is -1.10. The predicted octanol–water partition coefficient (Wildman–Crippen LogP) is 2.91. The van der Waals surface area contributed by atoms with Gasteiger partial charge in [0.05, 0.1) is 0 Å². The van der Waals surface area contributed by atoms with Crippen LogP contribution in [-0.4, -0.2) is 11.3 Å². The summed E-state index contributed by atoms with van der Waals surface area (Å²) in [6.45, 7) is 0. The zero-order valence-corrected chi connectivity index (χ0v) is 8.31. The largest absolute Gasteiger partial charge is 0.421 e. The van der Waals surface area contributed by atoms with E-state index in [1.165, 1.54) is 6.07 Å². The Kier molecular flexibility index (Phi) is 2.45. The molecule has 0 saturated carbocycles. The molecule has 88 valence electrons. The molecular weight excluding hydrogens is 224 g/mol. The fourth-order valence-electron chi connectivity index (χ4n) is 2.12. The summed E-state index contributed by atoms with van der Waals surface area (Å²) in [4.78, 5) is 0. The van der Waals surface area contributed by atoms with Gasteiger partial charge in [-0.3, -0.25) is 0 Å². The van der Waals surface area contributed by atoms with Crippen LogP contribution in [0.3, 0.4) is 0 Å². The molecule has 1 aliphatic rings. The van der Waals surface area contributed by atoms with Gasteiger partial charge in [-0.05, 0) is 42.5 Å². The summed E-state index contributed by atoms with van der Waals surface area (Å²) in [7, 11) is 0. The first-order valence-corrected chi connectivity index (χ1v) is 4.92. The second kappa shape index (κ2) is 3.45. The van der Waals surface area contributed by atoms with Crippen molar-refractivity contribution in [3.8, 4) is 0 Å². The molecule has 0 aliphatic heterocycles. The zero-order chi connectivity index (χ0) is 12.0. The van der Waals surface area contributed by atoms with Crippen LogP contribution < -0.4 is 0 Å². The number of hydrogen-bond acceptors (Lipinski definition) is 1. The van der Waals surface area contributed by atoms with E-state index in [0.29, 0.717) is 12.0 Å². The minimum absolute atomic E-state index is 0.245. The van der Waals surface area contributed by atoms with Crippen molar-refractivity contribution in [1.82, 2.24) is 0 Å². The van der Waals surface area contributed by atoms with Gasteiger partial charge >= 0.3 is 6.18 Å². The third kappa shape index (κ3) is 1.59. The van der Waals surface area contributed by atoms with E-state index < -0.39 is 24.0 Å². The van der Waals surface area contributed by atoms with Gasteiger partial charge in [-0.2, -0.15) is 13.2 Å². The van der Waals surface area contributed by atoms with Crippen molar-refractivity contribution in [1.29, 1.82) is 0 Å².